The monoisotopic (exact) mass is 313 g/mol. The lowest BCUT2D eigenvalue weighted by atomic mass is 10.1. The zero-order valence-corrected chi connectivity index (χ0v) is 13.2. The summed E-state index contributed by atoms with van der Waals surface area (Å²) >= 11 is 0. The number of aromatic nitrogens is 3. The van der Waals surface area contributed by atoms with Gasteiger partial charge in [-0.25, -0.2) is 4.98 Å². The molecule has 0 spiro atoms. The van der Waals surface area contributed by atoms with Crippen molar-refractivity contribution >= 4 is 11.7 Å². The maximum absolute atomic E-state index is 12.8. The number of H-pyrrole nitrogens is 1. The minimum absolute atomic E-state index is 0.149. The number of hydrogen-bond acceptors (Lipinski definition) is 5. The van der Waals surface area contributed by atoms with Crippen molar-refractivity contribution in [1.29, 1.82) is 0 Å². The largest absolute Gasteiger partial charge is 0.372 e. The molecule has 1 aliphatic rings. The number of pyridine rings is 1. The van der Waals surface area contributed by atoms with Crippen LogP contribution in [0.25, 0.3) is 0 Å². The number of amides is 1. The van der Waals surface area contributed by atoms with Gasteiger partial charge in [0.15, 0.2) is 0 Å². The van der Waals surface area contributed by atoms with Crippen LogP contribution in [0.15, 0.2) is 29.3 Å². The lowest BCUT2D eigenvalue weighted by Crippen LogP contribution is -2.34. The molecular weight excluding hydrogens is 294 g/mol. The molecule has 1 fully saturated rings. The lowest BCUT2D eigenvalue weighted by molar-refractivity contribution is 0.0731. The van der Waals surface area contributed by atoms with E-state index in [0.29, 0.717) is 12.4 Å². The molecule has 0 unspecified atom stereocenters. The van der Waals surface area contributed by atoms with Crippen molar-refractivity contribution in [3.63, 3.8) is 0 Å². The molecule has 23 heavy (non-hydrogen) atoms. The summed E-state index contributed by atoms with van der Waals surface area (Å²) in [4.78, 5) is 37.8. The molecule has 2 aromatic heterocycles. The molecule has 0 aliphatic carbocycles. The second-order valence-electron chi connectivity index (χ2n) is 5.62. The third-order valence-corrected chi connectivity index (χ3v) is 4.05. The van der Waals surface area contributed by atoms with Crippen molar-refractivity contribution in [1.82, 2.24) is 19.9 Å². The van der Waals surface area contributed by atoms with Crippen molar-refractivity contribution in [2.45, 2.75) is 25.8 Å². The minimum atomic E-state index is -0.351. The zero-order valence-electron chi connectivity index (χ0n) is 13.2. The Morgan fingerprint density at radius 3 is 2.96 bits per heavy atom. The first kappa shape index (κ1) is 15.2. The summed E-state index contributed by atoms with van der Waals surface area (Å²) in [6.07, 6.45) is 5.01. The number of nitrogens with zero attached hydrogens (tertiary/aromatic N) is 3. The fraction of sp³-hybridized carbons (Fsp3) is 0.375. The van der Waals surface area contributed by atoms with Crippen LogP contribution in [-0.4, -0.2) is 39.4 Å². The molecule has 120 valence electrons. The molecule has 2 aromatic rings. The number of carbonyl (C=O) groups is 1. The van der Waals surface area contributed by atoms with E-state index in [-0.39, 0.29) is 23.1 Å². The van der Waals surface area contributed by atoms with Crippen molar-refractivity contribution in [3.8, 4) is 0 Å². The van der Waals surface area contributed by atoms with Crippen LogP contribution in [0.4, 0.5) is 5.82 Å². The van der Waals surface area contributed by atoms with Gasteiger partial charge in [0.05, 0.1) is 24.1 Å². The van der Waals surface area contributed by atoms with Gasteiger partial charge in [0.2, 0.25) is 0 Å². The van der Waals surface area contributed by atoms with Gasteiger partial charge in [-0.15, -0.1) is 0 Å². The van der Waals surface area contributed by atoms with E-state index in [2.05, 4.69) is 20.3 Å². The number of aromatic amines is 1. The predicted octanol–water partition coefficient (Wildman–Crippen LogP) is 1.49. The van der Waals surface area contributed by atoms with E-state index in [4.69, 9.17) is 0 Å². The van der Waals surface area contributed by atoms with Crippen LogP contribution >= 0.6 is 0 Å². The fourth-order valence-electron chi connectivity index (χ4n) is 2.87. The van der Waals surface area contributed by atoms with Gasteiger partial charge in [-0.05, 0) is 31.9 Å². The summed E-state index contributed by atoms with van der Waals surface area (Å²) in [6.45, 7) is 2.40. The molecule has 1 amide bonds. The predicted molar refractivity (Wildman–Crippen MR) is 86.4 cm³/mol. The van der Waals surface area contributed by atoms with Crippen molar-refractivity contribution in [3.05, 3.63) is 51.8 Å². The molecule has 3 rings (SSSR count). The number of nitrogens with one attached hydrogen (secondary N) is 2. The average Bonchev–Trinajstić information content (AvgIpc) is 3.04. The number of anilines is 1. The summed E-state index contributed by atoms with van der Waals surface area (Å²) in [5.74, 6) is 0.403. The van der Waals surface area contributed by atoms with Crippen LogP contribution in [0.5, 0.6) is 0 Å². The Kier molecular flexibility index (Phi) is 4.10. The van der Waals surface area contributed by atoms with E-state index in [1.807, 2.05) is 0 Å². The van der Waals surface area contributed by atoms with Crippen molar-refractivity contribution < 1.29 is 4.79 Å². The maximum Gasteiger partial charge on any atom is 0.260 e. The molecule has 7 heteroatoms. The Labute approximate surface area is 133 Å². The average molecular weight is 313 g/mol. The van der Waals surface area contributed by atoms with Crippen LogP contribution in [0.3, 0.4) is 0 Å². The molecule has 0 aromatic carbocycles. The highest BCUT2D eigenvalue weighted by Gasteiger charge is 2.32. The zero-order chi connectivity index (χ0) is 16.4. The number of aryl methyl sites for hydroxylation is 1. The number of rotatable bonds is 3. The summed E-state index contributed by atoms with van der Waals surface area (Å²) in [5, 5.41) is 2.95. The van der Waals surface area contributed by atoms with Crippen molar-refractivity contribution in [2.24, 2.45) is 0 Å². The Morgan fingerprint density at radius 1 is 1.39 bits per heavy atom. The van der Waals surface area contributed by atoms with Gasteiger partial charge >= 0.3 is 0 Å². The normalized spacial score (nSPS) is 17.3. The number of carbonyl (C=O) groups excluding carboxylic acids is 1. The Morgan fingerprint density at radius 2 is 2.22 bits per heavy atom. The molecule has 1 saturated heterocycles. The first-order chi connectivity index (χ1) is 11.1. The molecule has 1 atom stereocenters. The van der Waals surface area contributed by atoms with Crippen LogP contribution in [0.2, 0.25) is 0 Å². The first-order valence-corrected chi connectivity index (χ1v) is 7.60. The smallest absolute Gasteiger partial charge is 0.260 e. The highest BCUT2D eigenvalue weighted by molar-refractivity contribution is 5.94. The molecule has 2 N–H and O–H groups in total. The Balaban J connectivity index is 1.91. The van der Waals surface area contributed by atoms with E-state index < -0.39 is 0 Å². The summed E-state index contributed by atoms with van der Waals surface area (Å²) in [7, 11) is 1.78. The van der Waals surface area contributed by atoms with Gasteiger partial charge in [-0.2, -0.15) is 0 Å². The molecule has 1 aliphatic heterocycles. The molecular formula is C16H19N5O2. The van der Waals surface area contributed by atoms with E-state index in [9.17, 15) is 9.59 Å². The number of hydrogen-bond donors (Lipinski definition) is 2. The van der Waals surface area contributed by atoms with Gasteiger partial charge in [0.25, 0.3) is 11.5 Å². The summed E-state index contributed by atoms with van der Waals surface area (Å²) in [5.41, 5.74) is 1.29. The van der Waals surface area contributed by atoms with Crippen LogP contribution in [0, 0.1) is 6.92 Å². The third kappa shape index (κ3) is 2.94. The van der Waals surface area contributed by atoms with Crippen molar-refractivity contribution in [2.75, 3.05) is 18.9 Å². The quantitative estimate of drug-likeness (QED) is 0.896. The van der Waals surface area contributed by atoms with E-state index in [1.165, 1.54) is 0 Å². The standard InChI is InChI=1S/C16H19N5O2/c1-10-5-6-11(15(22)19-10)16(23)21-7-3-4-13(21)12-8-18-9-14(17-2)20-12/h5-6,8-9,13H,3-4,7H2,1-2H3,(H,17,20)(H,19,22)/t13-/m0/s1. The maximum atomic E-state index is 12.8. The first-order valence-electron chi connectivity index (χ1n) is 7.60. The molecule has 3 heterocycles. The van der Waals surface area contributed by atoms with E-state index in [1.54, 1.807) is 43.4 Å². The topological polar surface area (TPSA) is 91.0 Å². The number of likely N-dealkylation sites (tertiary alicyclic amines) is 1. The second-order valence-corrected chi connectivity index (χ2v) is 5.62. The second kappa shape index (κ2) is 6.20. The fourth-order valence-corrected chi connectivity index (χ4v) is 2.87. The minimum Gasteiger partial charge on any atom is -0.372 e. The van der Waals surface area contributed by atoms with Gasteiger partial charge in [-0.3, -0.25) is 14.6 Å². The lowest BCUT2D eigenvalue weighted by Gasteiger charge is -2.24. The SMILES string of the molecule is CNc1cncc([C@@H]2CCCN2C(=O)c2ccc(C)[nH]c2=O)n1. The van der Waals surface area contributed by atoms with Gasteiger partial charge in [0.1, 0.15) is 11.4 Å². The van der Waals surface area contributed by atoms with Gasteiger partial charge < -0.3 is 15.2 Å². The third-order valence-electron chi connectivity index (χ3n) is 4.05. The van der Waals surface area contributed by atoms with Gasteiger partial charge in [-0.1, -0.05) is 0 Å². The summed E-state index contributed by atoms with van der Waals surface area (Å²) < 4.78 is 0. The van der Waals surface area contributed by atoms with Gasteiger partial charge in [0, 0.05) is 19.3 Å². The van der Waals surface area contributed by atoms with E-state index >= 15 is 0 Å². The highest BCUT2D eigenvalue weighted by atomic mass is 16.2. The van der Waals surface area contributed by atoms with Crippen LogP contribution in [-0.2, 0) is 0 Å². The Bertz CT molecular complexity index is 786. The molecule has 0 saturated carbocycles. The van der Waals surface area contributed by atoms with E-state index in [0.717, 1.165) is 24.2 Å². The van der Waals surface area contributed by atoms with Crippen LogP contribution < -0.4 is 10.9 Å². The summed E-state index contributed by atoms with van der Waals surface area (Å²) in [6, 6.07) is 3.17. The highest BCUT2D eigenvalue weighted by Crippen LogP contribution is 2.31. The molecule has 7 nitrogen and oxygen atoms in total. The molecule has 0 radical (unpaired) electrons. The molecule has 0 bridgehead atoms. The Hall–Kier alpha value is -2.70. The van der Waals surface area contributed by atoms with Crippen LogP contribution in [0.1, 0.15) is 40.6 Å².